The van der Waals surface area contributed by atoms with Crippen LogP contribution in [0.1, 0.15) is 16.8 Å². The van der Waals surface area contributed by atoms with Crippen molar-refractivity contribution in [1.29, 1.82) is 0 Å². The van der Waals surface area contributed by atoms with Crippen molar-refractivity contribution < 1.29 is 8.42 Å². The molecule has 8 heteroatoms. The molecule has 0 saturated heterocycles. The fourth-order valence-electron chi connectivity index (χ4n) is 3.31. The summed E-state index contributed by atoms with van der Waals surface area (Å²) in [5.41, 5.74) is 3.86. The summed E-state index contributed by atoms with van der Waals surface area (Å²) in [6.07, 6.45) is 0.647. The molecular formula is C18H17Cl2N3O2S. The Labute approximate surface area is 162 Å². The number of fused-ring (bicyclic) bond motifs is 3. The largest absolute Gasteiger partial charge is 0.357 e. The second kappa shape index (κ2) is 6.87. The molecule has 0 saturated carbocycles. The number of hydrogen-bond donors (Lipinski definition) is 2. The molecule has 0 spiro atoms. The Hall–Kier alpha value is -1.57. The predicted molar refractivity (Wildman–Crippen MR) is 105 cm³/mol. The number of aromatic amines is 1. The third kappa shape index (κ3) is 3.48. The highest BCUT2D eigenvalue weighted by Gasteiger charge is 2.28. The molecule has 2 aromatic carbocycles. The van der Waals surface area contributed by atoms with Crippen molar-refractivity contribution in [3.8, 4) is 0 Å². The molecule has 1 aromatic heterocycles. The molecule has 2 heterocycles. The van der Waals surface area contributed by atoms with Gasteiger partial charge in [-0.15, -0.1) is 0 Å². The molecule has 1 aliphatic rings. The maximum Gasteiger partial charge on any atom is 0.280 e. The molecule has 136 valence electrons. The Morgan fingerprint density at radius 3 is 2.73 bits per heavy atom. The highest BCUT2D eigenvalue weighted by molar-refractivity contribution is 7.87. The van der Waals surface area contributed by atoms with Gasteiger partial charge in [-0.25, -0.2) is 0 Å². The molecule has 0 atom stereocenters. The molecule has 0 fully saturated rings. The van der Waals surface area contributed by atoms with E-state index in [2.05, 4.69) is 9.71 Å². The molecule has 0 aliphatic carbocycles. The molecule has 5 nitrogen and oxygen atoms in total. The number of nitrogens with zero attached hydrogens (tertiary/aromatic N) is 1. The van der Waals surface area contributed by atoms with Crippen LogP contribution >= 0.6 is 23.2 Å². The van der Waals surface area contributed by atoms with Crippen LogP contribution in [0.5, 0.6) is 0 Å². The fourth-order valence-corrected chi connectivity index (χ4v) is 4.85. The van der Waals surface area contributed by atoms with E-state index in [-0.39, 0.29) is 6.54 Å². The lowest BCUT2D eigenvalue weighted by Crippen LogP contribution is -2.43. The molecular weight excluding hydrogens is 393 g/mol. The zero-order chi connectivity index (χ0) is 18.3. The molecule has 2 N–H and O–H groups in total. The predicted octanol–water partition coefficient (Wildman–Crippen LogP) is 3.87. The second-order valence-electron chi connectivity index (χ2n) is 6.31. The third-order valence-electron chi connectivity index (χ3n) is 4.59. The van der Waals surface area contributed by atoms with Crippen LogP contribution in [-0.4, -0.2) is 24.3 Å². The van der Waals surface area contributed by atoms with Crippen molar-refractivity contribution in [2.45, 2.75) is 19.5 Å². The first-order chi connectivity index (χ1) is 12.4. The SMILES string of the molecule is O=S(=O)(NCc1cccc(Cl)c1)N1CCc2c([nH]c3ccc(Cl)cc23)C1. The van der Waals surface area contributed by atoms with Crippen LogP contribution in [0.4, 0.5) is 0 Å². The number of halogens is 2. The number of aromatic nitrogens is 1. The first-order valence-corrected chi connectivity index (χ1v) is 10.4. The van der Waals surface area contributed by atoms with Crippen molar-refractivity contribution >= 4 is 44.3 Å². The summed E-state index contributed by atoms with van der Waals surface area (Å²) in [6, 6.07) is 12.8. The topological polar surface area (TPSA) is 65.2 Å². The van der Waals surface area contributed by atoms with Crippen molar-refractivity contribution in [3.63, 3.8) is 0 Å². The van der Waals surface area contributed by atoms with Gasteiger partial charge >= 0.3 is 0 Å². The minimum atomic E-state index is -3.59. The summed E-state index contributed by atoms with van der Waals surface area (Å²) in [5, 5.41) is 2.33. The third-order valence-corrected chi connectivity index (χ3v) is 6.56. The summed E-state index contributed by atoms with van der Waals surface area (Å²) in [7, 11) is -3.59. The summed E-state index contributed by atoms with van der Waals surface area (Å²) in [4.78, 5) is 3.32. The van der Waals surface area contributed by atoms with Gasteiger partial charge in [-0.3, -0.25) is 0 Å². The standard InChI is InChI=1S/C18H17Cl2N3O2S/c19-13-3-1-2-12(8-13)10-21-26(24,25)23-7-6-15-16-9-14(20)4-5-17(16)22-18(15)11-23/h1-5,8-9,21-22H,6-7,10-11H2. The van der Waals surface area contributed by atoms with Gasteiger partial charge in [-0.2, -0.15) is 17.4 Å². The fraction of sp³-hybridized carbons (Fsp3) is 0.222. The van der Waals surface area contributed by atoms with Crippen LogP contribution in [0.15, 0.2) is 42.5 Å². The Morgan fingerprint density at radius 2 is 1.92 bits per heavy atom. The van der Waals surface area contributed by atoms with E-state index in [0.29, 0.717) is 29.6 Å². The van der Waals surface area contributed by atoms with E-state index < -0.39 is 10.2 Å². The molecule has 0 amide bonds. The smallest absolute Gasteiger partial charge is 0.280 e. The Bertz CT molecular complexity index is 1080. The van der Waals surface area contributed by atoms with E-state index in [0.717, 1.165) is 27.7 Å². The van der Waals surface area contributed by atoms with Crippen molar-refractivity contribution in [2.75, 3.05) is 6.54 Å². The number of rotatable bonds is 4. The van der Waals surface area contributed by atoms with Gasteiger partial charge < -0.3 is 4.98 Å². The second-order valence-corrected chi connectivity index (χ2v) is 8.94. The van der Waals surface area contributed by atoms with Crippen LogP contribution < -0.4 is 4.72 Å². The van der Waals surface area contributed by atoms with Gasteiger partial charge in [-0.1, -0.05) is 35.3 Å². The maximum atomic E-state index is 12.7. The number of benzene rings is 2. The van der Waals surface area contributed by atoms with E-state index >= 15 is 0 Å². The average Bonchev–Trinajstić information content (AvgIpc) is 2.97. The first-order valence-electron chi connectivity index (χ1n) is 8.20. The molecule has 4 rings (SSSR count). The molecule has 0 radical (unpaired) electrons. The summed E-state index contributed by atoms with van der Waals surface area (Å²) >= 11 is 12.0. The summed E-state index contributed by atoms with van der Waals surface area (Å²) in [6.45, 7) is 0.943. The Morgan fingerprint density at radius 1 is 1.12 bits per heavy atom. The molecule has 0 unspecified atom stereocenters. The van der Waals surface area contributed by atoms with E-state index in [4.69, 9.17) is 23.2 Å². The monoisotopic (exact) mass is 409 g/mol. The van der Waals surface area contributed by atoms with Crippen molar-refractivity contribution in [3.05, 3.63) is 69.3 Å². The molecule has 1 aliphatic heterocycles. The van der Waals surface area contributed by atoms with Gasteiger partial charge in [0.25, 0.3) is 10.2 Å². The number of hydrogen-bond acceptors (Lipinski definition) is 2. The van der Waals surface area contributed by atoms with E-state index in [1.54, 1.807) is 18.2 Å². The van der Waals surface area contributed by atoms with E-state index in [1.165, 1.54) is 4.31 Å². The van der Waals surface area contributed by atoms with Gasteiger partial charge in [0, 0.05) is 39.7 Å². The Balaban J connectivity index is 1.53. The van der Waals surface area contributed by atoms with Crippen LogP contribution in [0.2, 0.25) is 10.0 Å². The van der Waals surface area contributed by atoms with E-state index in [1.807, 2.05) is 24.3 Å². The lowest BCUT2D eigenvalue weighted by atomic mass is 10.0. The lowest BCUT2D eigenvalue weighted by Gasteiger charge is -2.26. The minimum Gasteiger partial charge on any atom is -0.357 e. The number of H-pyrrole nitrogens is 1. The first kappa shape index (κ1) is 17.8. The lowest BCUT2D eigenvalue weighted by molar-refractivity contribution is 0.381. The quantitative estimate of drug-likeness (QED) is 0.686. The molecule has 26 heavy (non-hydrogen) atoms. The average molecular weight is 410 g/mol. The highest BCUT2D eigenvalue weighted by atomic mass is 35.5. The van der Waals surface area contributed by atoms with Gasteiger partial charge in [0.15, 0.2) is 0 Å². The highest BCUT2D eigenvalue weighted by Crippen LogP contribution is 2.30. The van der Waals surface area contributed by atoms with Gasteiger partial charge in [-0.05, 0) is 47.9 Å². The zero-order valence-electron chi connectivity index (χ0n) is 13.8. The van der Waals surface area contributed by atoms with Gasteiger partial charge in [0.2, 0.25) is 0 Å². The minimum absolute atomic E-state index is 0.203. The van der Waals surface area contributed by atoms with Crippen molar-refractivity contribution in [2.24, 2.45) is 0 Å². The van der Waals surface area contributed by atoms with E-state index in [9.17, 15) is 8.42 Å². The van der Waals surface area contributed by atoms with Crippen LogP contribution in [0, 0.1) is 0 Å². The summed E-state index contributed by atoms with van der Waals surface area (Å²) in [5.74, 6) is 0. The number of nitrogens with one attached hydrogen (secondary N) is 2. The van der Waals surface area contributed by atoms with Gasteiger partial charge in [0.1, 0.15) is 0 Å². The molecule has 0 bridgehead atoms. The van der Waals surface area contributed by atoms with Crippen LogP contribution in [0.25, 0.3) is 10.9 Å². The summed E-state index contributed by atoms with van der Waals surface area (Å²) < 4.78 is 29.4. The molecule has 3 aromatic rings. The Kier molecular flexibility index (Phi) is 4.71. The van der Waals surface area contributed by atoms with Crippen LogP contribution in [-0.2, 0) is 29.7 Å². The van der Waals surface area contributed by atoms with Crippen molar-refractivity contribution in [1.82, 2.24) is 14.0 Å². The normalized spacial score (nSPS) is 15.3. The van der Waals surface area contributed by atoms with Crippen LogP contribution in [0.3, 0.4) is 0 Å². The van der Waals surface area contributed by atoms with Gasteiger partial charge in [0.05, 0.1) is 6.54 Å². The zero-order valence-corrected chi connectivity index (χ0v) is 16.1. The maximum absolute atomic E-state index is 12.7.